The molecule has 1 atom stereocenters. The number of nitrogens with one attached hydrogen (secondary N) is 1. The molecule has 0 bridgehead atoms. The molecule has 0 aliphatic carbocycles. The summed E-state index contributed by atoms with van der Waals surface area (Å²) in [7, 11) is 0. The van der Waals surface area contributed by atoms with Crippen molar-refractivity contribution in [2.24, 2.45) is 0 Å². The molecule has 0 spiro atoms. The van der Waals surface area contributed by atoms with Crippen LogP contribution in [0.15, 0.2) is 67.0 Å². The predicted molar refractivity (Wildman–Crippen MR) is 95.3 cm³/mol. The molecular weight excluding hydrogens is 341 g/mol. The highest BCUT2D eigenvalue weighted by Gasteiger charge is 2.37. The number of benzene rings is 2. The van der Waals surface area contributed by atoms with Gasteiger partial charge in [-0.05, 0) is 36.4 Å². The first-order valence-corrected chi connectivity index (χ1v) is 8.07. The van der Waals surface area contributed by atoms with Gasteiger partial charge in [0.1, 0.15) is 12.0 Å². The Morgan fingerprint density at radius 2 is 1.96 bits per heavy atom. The van der Waals surface area contributed by atoms with E-state index in [0.717, 1.165) is 5.56 Å². The summed E-state index contributed by atoms with van der Waals surface area (Å²) in [5.74, 6) is -0.603. The van der Waals surface area contributed by atoms with Crippen molar-refractivity contribution < 1.29 is 9.18 Å². The van der Waals surface area contributed by atoms with Gasteiger partial charge in [-0.1, -0.05) is 29.8 Å². The topological polar surface area (TPSA) is 45.2 Å². The maximum Gasteiger partial charge on any atom is 0.260 e. The molecule has 0 radical (unpaired) electrons. The molecule has 2 aromatic carbocycles. The standard InChI is InChI=1S/C19H13ClFN3O/c20-16-10-12(7-8-17(16)21)23-18-14-5-1-2-6-15(14)19(25)24(18)13-4-3-9-22-11-13/h1-11,18,23H/t18-/m1/s1. The lowest BCUT2D eigenvalue weighted by Gasteiger charge is -2.27. The van der Waals surface area contributed by atoms with E-state index in [9.17, 15) is 9.18 Å². The number of amides is 1. The summed E-state index contributed by atoms with van der Waals surface area (Å²) in [5, 5.41) is 3.29. The number of nitrogens with zero attached hydrogens (tertiary/aromatic N) is 2. The Balaban J connectivity index is 1.78. The van der Waals surface area contributed by atoms with E-state index in [1.165, 1.54) is 12.1 Å². The fourth-order valence-electron chi connectivity index (χ4n) is 2.96. The zero-order chi connectivity index (χ0) is 17.4. The maximum absolute atomic E-state index is 13.4. The number of carbonyl (C=O) groups is 1. The summed E-state index contributed by atoms with van der Waals surface area (Å²) < 4.78 is 13.4. The molecule has 124 valence electrons. The van der Waals surface area contributed by atoms with Crippen molar-refractivity contribution in [1.29, 1.82) is 0 Å². The minimum absolute atomic E-state index is 0.0236. The average Bonchev–Trinajstić information content (AvgIpc) is 2.91. The minimum Gasteiger partial charge on any atom is -0.361 e. The number of anilines is 2. The van der Waals surface area contributed by atoms with Crippen LogP contribution in [0.2, 0.25) is 5.02 Å². The molecule has 1 amide bonds. The van der Waals surface area contributed by atoms with Crippen LogP contribution >= 0.6 is 11.6 Å². The van der Waals surface area contributed by atoms with Crippen LogP contribution in [0.3, 0.4) is 0 Å². The van der Waals surface area contributed by atoms with E-state index in [0.29, 0.717) is 16.9 Å². The van der Waals surface area contributed by atoms with E-state index in [2.05, 4.69) is 10.3 Å². The Bertz CT molecular complexity index is 948. The van der Waals surface area contributed by atoms with Crippen LogP contribution in [-0.4, -0.2) is 10.9 Å². The highest BCUT2D eigenvalue weighted by molar-refractivity contribution is 6.31. The van der Waals surface area contributed by atoms with Crippen molar-refractivity contribution in [3.63, 3.8) is 0 Å². The van der Waals surface area contributed by atoms with Crippen molar-refractivity contribution in [2.45, 2.75) is 6.17 Å². The van der Waals surface area contributed by atoms with E-state index < -0.39 is 12.0 Å². The van der Waals surface area contributed by atoms with Crippen LogP contribution in [0.4, 0.5) is 15.8 Å². The van der Waals surface area contributed by atoms with E-state index in [1.807, 2.05) is 24.3 Å². The first-order chi connectivity index (χ1) is 12.1. The van der Waals surface area contributed by atoms with E-state index >= 15 is 0 Å². The zero-order valence-corrected chi connectivity index (χ0v) is 13.7. The van der Waals surface area contributed by atoms with Gasteiger partial charge in [0.15, 0.2) is 0 Å². The Morgan fingerprint density at radius 3 is 2.72 bits per heavy atom. The molecule has 25 heavy (non-hydrogen) atoms. The van der Waals surface area contributed by atoms with Gasteiger partial charge in [-0.3, -0.25) is 14.7 Å². The Morgan fingerprint density at radius 1 is 1.12 bits per heavy atom. The monoisotopic (exact) mass is 353 g/mol. The van der Waals surface area contributed by atoms with Crippen LogP contribution in [0.1, 0.15) is 22.1 Å². The van der Waals surface area contributed by atoms with Gasteiger partial charge in [-0.15, -0.1) is 0 Å². The fourth-order valence-corrected chi connectivity index (χ4v) is 3.15. The van der Waals surface area contributed by atoms with E-state index in [1.54, 1.807) is 35.5 Å². The van der Waals surface area contributed by atoms with Gasteiger partial charge in [-0.25, -0.2) is 4.39 Å². The van der Waals surface area contributed by atoms with Crippen molar-refractivity contribution in [3.05, 3.63) is 89.0 Å². The van der Waals surface area contributed by atoms with Crippen LogP contribution in [-0.2, 0) is 0 Å². The van der Waals surface area contributed by atoms with Gasteiger partial charge in [0.05, 0.1) is 16.9 Å². The van der Waals surface area contributed by atoms with Gasteiger partial charge in [0, 0.05) is 23.0 Å². The number of hydrogen-bond acceptors (Lipinski definition) is 3. The Kier molecular flexibility index (Phi) is 3.86. The predicted octanol–water partition coefficient (Wildman–Crippen LogP) is 4.65. The number of aromatic nitrogens is 1. The highest BCUT2D eigenvalue weighted by Crippen LogP contribution is 2.38. The number of rotatable bonds is 3. The zero-order valence-electron chi connectivity index (χ0n) is 13.0. The SMILES string of the molecule is O=C1c2ccccc2[C@H](Nc2ccc(F)c(Cl)c2)N1c1cccnc1. The van der Waals surface area contributed by atoms with Crippen molar-refractivity contribution in [1.82, 2.24) is 4.98 Å². The van der Waals surface area contributed by atoms with E-state index in [4.69, 9.17) is 11.6 Å². The third-order valence-electron chi connectivity index (χ3n) is 4.11. The molecule has 0 unspecified atom stereocenters. The molecule has 1 aliphatic heterocycles. The lowest BCUT2D eigenvalue weighted by atomic mass is 10.1. The fraction of sp³-hybridized carbons (Fsp3) is 0.0526. The second-order valence-corrected chi connectivity index (χ2v) is 6.06. The van der Waals surface area contributed by atoms with Crippen molar-refractivity contribution in [3.8, 4) is 0 Å². The average molecular weight is 354 g/mol. The molecule has 4 nitrogen and oxygen atoms in total. The van der Waals surface area contributed by atoms with Gasteiger partial charge in [-0.2, -0.15) is 0 Å². The third kappa shape index (κ3) is 2.72. The summed E-state index contributed by atoms with van der Waals surface area (Å²) in [5.41, 5.74) is 2.76. The lowest BCUT2D eigenvalue weighted by molar-refractivity contribution is 0.0993. The van der Waals surface area contributed by atoms with Gasteiger partial charge in [0.2, 0.25) is 0 Å². The summed E-state index contributed by atoms with van der Waals surface area (Å²) in [6, 6.07) is 15.4. The van der Waals surface area contributed by atoms with Crippen LogP contribution in [0.25, 0.3) is 0 Å². The Hall–Kier alpha value is -2.92. The summed E-state index contributed by atoms with van der Waals surface area (Å²) in [4.78, 5) is 18.6. The number of halogens is 2. The molecule has 4 rings (SSSR count). The minimum atomic E-state index is -0.487. The summed E-state index contributed by atoms with van der Waals surface area (Å²) in [6.07, 6.45) is 2.85. The maximum atomic E-state index is 13.4. The quantitative estimate of drug-likeness (QED) is 0.745. The van der Waals surface area contributed by atoms with E-state index in [-0.39, 0.29) is 10.9 Å². The number of carbonyl (C=O) groups excluding carboxylic acids is 1. The summed E-state index contributed by atoms with van der Waals surface area (Å²) in [6.45, 7) is 0. The first kappa shape index (κ1) is 15.6. The second kappa shape index (κ2) is 6.18. The van der Waals surface area contributed by atoms with Crippen LogP contribution < -0.4 is 10.2 Å². The summed E-state index contributed by atoms with van der Waals surface area (Å²) >= 11 is 5.88. The molecule has 3 aromatic rings. The van der Waals surface area contributed by atoms with Crippen LogP contribution in [0, 0.1) is 5.82 Å². The second-order valence-electron chi connectivity index (χ2n) is 5.65. The normalized spacial score (nSPS) is 16.0. The lowest BCUT2D eigenvalue weighted by Crippen LogP contribution is -2.32. The molecule has 1 aromatic heterocycles. The highest BCUT2D eigenvalue weighted by atomic mass is 35.5. The van der Waals surface area contributed by atoms with Gasteiger partial charge in [0.25, 0.3) is 5.91 Å². The molecule has 0 saturated heterocycles. The Labute approximate surface area is 148 Å². The molecule has 0 saturated carbocycles. The molecule has 1 aliphatic rings. The molecule has 1 N–H and O–H groups in total. The first-order valence-electron chi connectivity index (χ1n) is 7.69. The number of pyridine rings is 1. The van der Waals surface area contributed by atoms with Crippen LogP contribution in [0.5, 0.6) is 0 Å². The van der Waals surface area contributed by atoms with Gasteiger partial charge >= 0.3 is 0 Å². The number of fused-ring (bicyclic) bond motifs is 1. The smallest absolute Gasteiger partial charge is 0.260 e. The molecule has 6 heteroatoms. The molecular formula is C19H13ClFN3O. The molecule has 2 heterocycles. The van der Waals surface area contributed by atoms with Gasteiger partial charge < -0.3 is 5.32 Å². The van der Waals surface area contributed by atoms with Crippen molar-refractivity contribution >= 4 is 28.9 Å². The largest absolute Gasteiger partial charge is 0.361 e. The number of hydrogen-bond donors (Lipinski definition) is 1. The van der Waals surface area contributed by atoms with Crippen molar-refractivity contribution in [2.75, 3.05) is 10.2 Å². The third-order valence-corrected chi connectivity index (χ3v) is 4.40. The molecule has 0 fully saturated rings.